The molecule has 1 N–H and O–H groups in total. The van der Waals surface area contributed by atoms with E-state index in [0.29, 0.717) is 26.1 Å². The van der Waals surface area contributed by atoms with Crippen molar-refractivity contribution in [3.05, 3.63) is 24.5 Å². The van der Waals surface area contributed by atoms with Gasteiger partial charge < -0.3 is 5.32 Å². The molecule has 0 aliphatic carbocycles. The molecule has 1 aromatic heterocycles. The number of hydrogen-bond donors (Lipinski definition) is 1. The summed E-state index contributed by atoms with van der Waals surface area (Å²) in [5.41, 5.74) is -0.0436. The first-order chi connectivity index (χ1) is 9.52. The van der Waals surface area contributed by atoms with Crippen molar-refractivity contribution < 1.29 is 13.2 Å². The first-order valence-corrected chi connectivity index (χ1v) is 8.13. The Morgan fingerprint density at radius 1 is 1.30 bits per heavy atom. The van der Waals surface area contributed by atoms with Gasteiger partial charge in [0.15, 0.2) is 0 Å². The average molecular weight is 295 g/mol. The second-order valence-corrected chi connectivity index (χ2v) is 7.48. The van der Waals surface area contributed by atoms with Crippen LogP contribution in [0.15, 0.2) is 29.4 Å². The van der Waals surface area contributed by atoms with Crippen LogP contribution in [0.2, 0.25) is 0 Å². The molecule has 6 nitrogen and oxygen atoms in total. The molecule has 108 valence electrons. The molecule has 2 aliphatic heterocycles. The van der Waals surface area contributed by atoms with Gasteiger partial charge in [-0.1, -0.05) is 0 Å². The molecule has 20 heavy (non-hydrogen) atoms. The monoisotopic (exact) mass is 295 g/mol. The Morgan fingerprint density at radius 2 is 2.05 bits per heavy atom. The molecule has 0 unspecified atom stereocenters. The number of hydrogen-bond acceptors (Lipinski definition) is 4. The van der Waals surface area contributed by atoms with Crippen LogP contribution in [-0.2, 0) is 14.8 Å². The van der Waals surface area contributed by atoms with Gasteiger partial charge in [0.25, 0.3) is 0 Å². The minimum absolute atomic E-state index is 0.0436. The molecular formula is C13H17N3O3S. The number of piperidine rings is 1. The van der Waals surface area contributed by atoms with Crippen LogP contribution in [0.3, 0.4) is 0 Å². The van der Waals surface area contributed by atoms with E-state index >= 15 is 0 Å². The summed E-state index contributed by atoms with van der Waals surface area (Å²) in [4.78, 5) is 15.5. The van der Waals surface area contributed by atoms with Crippen molar-refractivity contribution >= 4 is 15.9 Å². The molecule has 1 amide bonds. The van der Waals surface area contributed by atoms with Crippen LogP contribution in [-0.4, -0.2) is 43.2 Å². The highest BCUT2D eigenvalue weighted by Crippen LogP contribution is 2.38. The first kappa shape index (κ1) is 13.5. The Labute approximate surface area is 118 Å². The molecule has 3 heterocycles. The van der Waals surface area contributed by atoms with Crippen LogP contribution in [0.25, 0.3) is 0 Å². The number of rotatable bonds is 2. The van der Waals surface area contributed by atoms with Crippen LogP contribution in [0, 0.1) is 5.41 Å². The van der Waals surface area contributed by atoms with E-state index < -0.39 is 10.0 Å². The van der Waals surface area contributed by atoms with Gasteiger partial charge in [0, 0.05) is 38.4 Å². The molecule has 2 aliphatic rings. The Kier molecular flexibility index (Phi) is 3.25. The van der Waals surface area contributed by atoms with E-state index in [0.717, 1.165) is 12.8 Å². The lowest BCUT2D eigenvalue weighted by molar-refractivity contribution is -0.119. The zero-order valence-electron chi connectivity index (χ0n) is 11.1. The Morgan fingerprint density at radius 3 is 2.60 bits per heavy atom. The molecule has 1 spiro atoms. The molecule has 0 atom stereocenters. The van der Waals surface area contributed by atoms with E-state index in [9.17, 15) is 13.2 Å². The number of carbonyl (C=O) groups excluding carboxylic acids is 1. The third-order valence-corrected chi connectivity index (χ3v) is 6.13. The van der Waals surface area contributed by atoms with E-state index in [1.165, 1.54) is 10.5 Å². The van der Waals surface area contributed by atoms with Crippen molar-refractivity contribution in [2.24, 2.45) is 5.41 Å². The Balaban J connectivity index is 1.74. The van der Waals surface area contributed by atoms with Crippen molar-refractivity contribution in [1.82, 2.24) is 14.6 Å². The van der Waals surface area contributed by atoms with Gasteiger partial charge in [0.1, 0.15) is 4.90 Å². The topological polar surface area (TPSA) is 79.4 Å². The Hall–Kier alpha value is -1.47. The van der Waals surface area contributed by atoms with Crippen molar-refractivity contribution in [2.45, 2.75) is 24.2 Å². The highest BCUT2D eigenvalue weighted by Gasteiger charge is 2.43. The summed E-state index contributed by atoms with van der Waals surface area (Å²) in [6.45, 7) is 1.60. The second kappa shape index (κ2) is 4.82. The molecule has 0 aromatic carbocycles. The fourth-order valence-electron chi connectivity index (χ4n) is 2.95. The zero-order valence-corrected chi connectivity index (χ0v) is 11.9. The second-order valence-electron chi connectivity index (χ2n) is 5.55. The lowest BCUT2D eigenvalue weighted by atomic mass is 9.78. The van der Waals surface area contributed by atoms with E-state index in [4.69, 9.17) is 0 Å². The van der Waals surface area contributed by atoms with E-state index in [-0.39, 0.29) is 16.2 Å². The number of nitrogens with one attached hydrogen (secondary N) is 1. The number of aromatic nitrogens is 1. The van der Waals surface area contributed by atoms with E-state index in [1.54, 1.807) is 18.3 Å². The first-order valence-electron chi connectivity index (χ1n) is 6.69. The van der Waals surface area contributed by atoms with Crippen molar-refractivity contribution in [3.63, 3.8) is 0 Å². The number of amides is 1. The fourth-order valence-corrected chi connectivity index (χ4v) is 4.36. The molecule has 0 radical (unpaired) electrons. The highest BCUT2D eigenvalue weighted by atomic mass is 32.2. The lowest BCUT2D eigenvalue weighted by Gasteiger charge is -2.37. The zero-order chi connectivity index (χ0) is 14.2. The van der Waals surface area contributed by atoms with Crippen molar-refractivity contribution in [2.75, 3.05) is 19.6 Å². The summed E-state index contributed by atoms with van der Waals surface area (Å²) < 4.78 is 26.4. The maximum atomic E-state index is 12.5. The normalized spacial score (nSPS) is 22.9. The third-order valence-electron chi connectivity index (χ3n) is 4.25. The highest BCUT2D eigenvalue weighted by molar-refractivity contribution is 7.89. The van der Waals surface area contributed by atoms with Gasteiger partial charge in [-0.05, 0) is 30.4 Å². The molecule has 1 aromatic rings. The van der Waals surface area contributed by atoms with Gasteiger partial charge in [-0.25, -0.2) is 8.42 Å². The number of sulfonamides is 1. The van der Waals surface area contributed by atoms with Gasteiger partial charge in [-0.3, -0.25) is 9.78 Å². The SMILES string of the molecule is O=C1CC2(CCN(S(=O)(=O)c3cccnc3)CC2)CN1. The third kappa shape index (κ3) is 2.31. The number of pyridine rings is 1. The smallest absolute Gasteiger partial charge is 0.244 e. The maximum absolute atomic E-state index is 12.5. The lowest BCUT2D eigenvalue weighted by Crippen LogP contribution is -2.43. The van der Waals surface area contributed by atoms with Gasteiger partial charge in [-0.15, -0.1) is 0 Å². The summed E-state index contributed by atoms with van der Waals surface area (Å²) in [6, 6.07) is 3.19. The summed E-state index contributed by atoms with van der Waals surface area (Å²) in [6.07, 6.45) is 4.91. The molecule has 7 heteroatoms. The fraction of sp³-hybridized carbons (Fsp3) is 0.538. The van der Waals surface area contributed by atoms with Crippen LogP contribution in [0.4, 0.5) is 0 Å². The van der Waals surface area contributed by atoms with E-state index in [1.807, 2.05) is 0 Å². The molecule has 0 bridgehead atoms. The van der Waals surface area contributed by atoms with Crippen molar-refractivity contribution in [1.29, 1.82) is 0 Å². The van der Waals surface area contributed by atoms with Gasteiger partial charge >= 0.3 is 0 Å². The van der Waals surface area contributed by atoms with Gasteiger partial charge in [0.2, 0.25) is 15.9 Å². The van der Waals surface area contributed by atoms with Gasteiger partial charge in [-0.2, -0.15) is 4.31 Å². The van der Waals surface area contributed by atoms with Crippen LogP contribution in [0.1, 0.15) is 19.3 Å². The quantitative estimate of drug-likeness (QED) is 0.855. The van der Waals surface area contributed by atoms with Gasteiger partial charge in [0.05, 0.1) is 0 Å². The average Bonchev–Trinajstić information content (AvgIpc) is 2.81. The Bertz CT molecular complexity index is 607. The maximum Gasteiger partial charge on any atom is 0.244 e. The summed E-state index contributed by atoms with van der Waals surface area (Å²) in [7, 11) is -3.46. The number of nitrogens with zero attached hydrogens (tertiary/aromatic N) is 2. The minimum Gasteiger partial charge on any atom is -0.356 e. The predicted octanol–water partition coefficient (Wildman–Crippen LogP) is 0.372. The summed E-state index contributed by atoms with van der Waals surface area (Å²) in [5.74, 6) is 0.0774. The predicted molar refractivity (Wildman–Crippen MR) is 72.3 cm³/mol. The standard InChI is InChI=1S/C13H17N3O3S/c17-12-8-13(10-15-12)3-6-16(7-4-13)20(18,19)11-2-1-5-14-9-11/h1-2,5,9H,3-4,6-8,10H2,(H,15,17). The molecule has 2 fully saturated rings. The van der Waals surface area contributed by atoms with E-state index in [2.05, 4.69) is 10.3 Å². The molecule has 0 saturated carbocycles. The summed E-state index contributed by atoms with van der Waals surface area (Å²) >= 11 is 0. The largest absolute Gasteiger partial charge is 0.356 e. The minimum atomic E-state index is -3.46. The van der Waals surface area contributed by atoms with Crippen molar-refractivity contribution in [3.8, 4) is 0 Å². The molecule has 3 rings (SSSR count). The summed E-state index contributed by atoms with van der Waals surface area (Å²) in [5, 5.41) is 2.85. The van der Waals surface area contributed by atoms with Crippen LogP contribution in [0.5, 0.6) is 0 Å². The molecule has 2 saturated heterocycles. The number of carbonyl (C=O) groups is 1. The molecular weight excluding hydrogens is 278 g/mol. The van der Waals surface area contributed by atoms with Crippen LogP contribution < -0.4 is 5.32 Å². The van der Waals surface area contributed by atoms with Crippen LogP contribution >= 0.6 is 0 Å².